The Morgan fingerprint density at radius 3 is 2.06 bits per heavy atom. The van der Waals surface area contributed by atoms with Gasteiger partial charge in [0.2, 0.25) is 9.05 Å². The standard InChI is InChI=1S/C10H12ClFO4S/c1-15-8-3-7(4-9(5-8)16-2)10(12)6-17(11,13)14/h3-5,10H,6H2,1-2H3. The molecule has 0 aliphatic carbocycles. The number of hydrogen-bond acceptors (Lipinski definition) is 4. The molecule has 0 aliphatic rings. The average Bonchev–Trinajstić information content (AvgIpc) is 2.26. The monoisotopic (exact) mass is 282 g/mol. The summed E-state index contributed by atoms with van der Waals surface area (Å²) in [4.78, 5) is 0. The lowest BCUT2D eigenvalue weighted by Gasteiger charge is -2.10. The number of hydrogen-bond donors (Lipinski definition) is 0. The Kier molecular flexibility index (Phi) is 4.59. The molecule has 0 spiro atoms. The van der Waals surface area contributed by atoms with Crippen LogP contribution >= 0.6 is 10.7 Å². The minimum Gasteiger partial charge on any atom is -0.497 e. The third kappa shape index (κ3) is 4.40. The van der Waals surface area contributed by atoms with Crippen LogP contribution in [0.5, 0.6) is 11.5 Å². The van der Waals surface area contributed by atoms with Crippen molar-refractivity contribution >= 4 is 19.7 Å². The van der Waals surface area contributed by atoms with E-state index in [1.165, 1.54) is 26.4 Å². The first-order chi connectivity index (χ1) is 7.85. The molecular weight excluding hydrogens is 271 g/mol. The van der Waals surface area contributed by atoms with Gasteiger partial charge in [0.25, 0.3) is 0 Å². The lowest BCUT2D eigenvalue weighted by Crippen LogP contribution is -2.06. The summed E-state index contributed by atoms with van der Waals surface area (Å²) in [5.74, 6) is -0.0202. The Morgan fingerprint density at radius 1 is 1.24 bits per heavy atom. The number of ether oxygens (including phenoxy) is 2. The Bertz CT molecular complexity index is 467. The van der Waals surface area contributed by atoms with E-state index in [0.29, 0.717) is 11.5 Å². The molecule has 0 heterocycles. The fraction of sp³-hybridized carbons (Fsp3) is 0.400. The fourth-order valence-corrected chi connectivity index (χ4v) is 2.16. The van der Waals surface area contributed by atoms with E-state index in [9.17, 15) is 12.8 Å². The maximum Gasteiger partial charge on any atom is 0.235 e. The molecule has 0 aliphatic heterocycles. The molecule has 1 unspecified atom stereocenters. The van der Waals surface area contributed by atoms with Gasteiger partial charge in [0, 0.05) is 16.7 Å². The van der Waals surface area contributed by atoms with Crippen LogP contribution in [0, 0.1) is 0 Å². The van der Waals surface area contributed by atoms with Gasteiger partial charge in [0.1, 0.15) is 23.4 Å². The van der Waals surface area contributed by atoms with Crippen molar-refractivity contribution in [1.82, 2.24) is 0 Å². The van der Waals surface area contributed by atoms with Crippen molar-refractivity contribution < 1.29 is 22.3 Å². The average molecular weight is 283 g/mol. The van der Waals surface area contributed by atoms with Crippen molar-refractivity contribution in [3.63, 3.8) is 0 Å². The zero-order valence-corrected chi connectivity index (χ0v) is 10.9. The zero-order valence-electron chi connectivity index (χ0n) is 9.31. The molecule has 0 fully saturated rings. The molecule has 1 atom stereocenters. The molecule has 4 nitrogen and oxygen atoms in total. The molecule has 0 radical (unpaired) electrons. The molecule has 7 heteroatoms. The third-order valence-corrected chi connectivity index (χ3v) is 3.15. The molecule has 1 aromatic carbocycles. The minimum absolute atomic E-state index is 0.144. The van der Waals surface area contributed by atoms with Crippen molar-refractivity contribution in [2.24, 2.45) is 0 Å². The van der Waals surface area contributed by atoms with Gasteiger partial charge in [-0.1, -0.05) is 0 Å². The maximum atomic E-state index is 13.7. The van der Waals surface area contributed by atoms with Gasteiger partial charge in [-0.05, 0) is 17.7 Å². The van der Waals surface area contributed by atoms with Gasteiger partial charge in [-0.25, -0.2) is 12.8 Å². The van der Waals surface area contributed by atoms with Gasteiger partial charge in [-0.15, -0.1) is 0 Å². The van der Waals surface area contributed by atoms with Crippen molar-refractivity contribution in [2.75, 3.05) is 20.0 Å². The van der Waals surface area contributed by atoms with Gasteiger partial charge in [0.05, 0.1) is 14.2 Å². The van der Waals surface area contributed by atoms with Crippen molar-refractivity contribution in [1.29, 1.82) is 0 Å². The third-order valence-electron chi connectivity index (χ3n) is 2.08. The molecule has 0 saturated heterocycles. The SMILES string of the molecule is COc1cc(OC)cc(C(F)CS(=O)(=O)Cl)c1. The molecule has 96 valence electrons. The Hall–Kier alpha value is -1.01. The van der Waals surface area contributed by atoms with E-state index >= 15 is 0 Å². The predicted octanol–water partition coefficient (Wildman–Crippen LogP) is 2.28. The van der Waals surface area contributed by atoms with Gasteiger partial charge < -0.3 is 9.47 Å². The molecule has 1 rings (SSSR count). The summed E-state index contributed by atoms with van der Waals surface area (Å²) in [6, 6.07) is 4.36. The number of benzene rings is 1. The summed E-state index contributed by atoms with van der Waals surface area (Å²) >= 11 is 0. The Balaban J connectivity index is 3.04. The van der Waals surface area contributed by atoms with E-state index in [0.717, 1.165) is 0 Å². The van der Waals surface area contributed by atoms with Crippen LogP contribution in [0.3, 0.4) is 0 Å². The largest absolute Gasteiger partial charge is 0.497 e. The maximum absolute atomic E-state index is 13.7. The zero-order chi connectivity index (χ0) is 13.1. The first-order valence-electron chi connectivity index (χ1n) is 4.65. The van der Waals surface area contributed by atoms with Crippen molar-refractivity contribution in [3.05, 3.63) is 23.8 Å². The van der Waals surface area contributed by atoms with Crippen LogP contribution < -0.4 is 9.47 Å². The molecule has 0 amide bonds. The molecule has 0 bridgehead atoms. The van der Waals surface area contributed by atoms with Crippen molar-refractivity contribution in [3.8, 4) is 11.5 Å². The van der Waals surface area contributed by atoms with Crippen molar-refractivity contribution in [2.45, 2.75) is 6.17 Å². The Morgan fingerprint density at radius 2 is 1.71 bits per heavy atom. The molecule has 0 saturated carbocycles. The van der Waals surface area contributed by atoms with Crippen LogP contribution in [0.1, 0.15) is 11.7 Å². The highest BCUT2D eigenvalue weighted by Crippen LogP contribution is 2.29. The quantitative estimate of drug-likeness (QED) is 0.778. The van der Waals surface area contributed by atoms with Crippen LogP contribution in [-0.4, -0.2) is 28.4 Å². The summed E-state index contributed by atoms with van der Waals surface area (Å²) in [7, 11) is 3.94. The van der Waals surface area contributed by atoms with Gasteiger partial charge in [-0.3, -0.25) is 0 Å². The number of alkyl halides is 1. The topological polar surface area (TPSA) is 52.6 Å². The first kappa shape index (κ1) is 14.1. The van der Waals surface area contributed by atoms with E-state index < -0.39 is 21.0 Å². The smallest absolute Gasteiger partial charge is 0.235 e. The highest BCUT2D eigenvalue weighted by Gasteiger charge is 2.19. The molecular formula is C10H12ClFO4S. The predicted molar refractivity (Wildman–Crippen MR) is 63.0 cm³/mol. The highest BCUT2D eigenvalue weighted by atomic mass is 35.7. The second-order valence-electron chi connectivity index (χ2n) is 3.32. The number of rotatable bonds is 5. The van der Waals surface area contributed by atoms with Gasteiger partial charge in [0.15, 0.2) is 0 Å². The van der Waals surface area contributed by atoms with E-state index in [1.807, 2.05) is 0 Å². The molecule has 0 N–H and O–H groups in total. The Labute approximate surface area is 104 Å². The molecule has 1 aromatic rings. The minimum atomic E-state index is -3.90. The van der Waals surface area contributed by atoms with E-state index in [-0.39, 0.29) is 5.56 Å². The summed E-state index contributed by atoms with van der Waals surface area (Å²) < 4.78 is 45.2. The number of halogens is 2. The molecule has 0 aromatic heterocycles. The summed E-state index contributed by atoms with van der Waals surface area (Å²) in [5, 5.41) is 0. The van der Waals surface area contributed by atoms with Crippen LogP contribution in [0.2, 0.25) is 0 Å². The van der Waals surface area contributed by atoms with Gasteiger partial charge >= 0.3 is 0 Å². The van der Waals surface area contributed by atoms with Gasteiger partial charge in [-0.2, -0.15) is 0 Å². The van der Waals surface area contributed by atoms with Crippen LogP contribution in [-0.2, 0) is 9.05 Å². The first-order valence-corrected chi connectivity index (χ1v) is 7.13. The van der Waals surface area contributed by atoms with E-state index in [1.54, 1.807) is 6.07 Å². The summed E-state index contributed by atoms with van der Waals surface area (Å²) in [6.45, 7) is 0. The normalized spacial score (nSPS) is 13.2. The lowest BCUT2D eigenvalue weighted by atomic mass is 10.1. The summed E-state index contributed by atoms with van der Waals surface area (Å²) in [5.41, 5.74) is 0.144. The second-order valence-corrected chi connectivity index (χ2v) is 6.14. The summed E-state index contributed by atoms with van der Waals surface area (Å²) in [6.07, 6.45) is -1.72. The highest BCUT2D eigenvalue weighted by molar-refractivity contribution is 8.13. The lowest BCUT2D eigenvalue weighted by molar-refractivity contribution is 0.363. The van der Waals surface area contributed by atoms with Crippen LogP contribution in [0.25, 0.3) is 0 Å². The van der Waals surface area contributed by atoms with E-state index in [2.05, 4.69) is 0 Å². The van der Waals surface area contributed by atoms with Crippen LogP contribution in [0.4, 0.5) is 4.39 Å². The van der Waals surface area contributed by atoms with Crippen LogP contribution in [0.15, 0.2) is 18.2 Å². The number of methoxy groups -OCH3 is 2. The van der Waals surface area contributed by atoms with E-state index in [4.69, 9.17) is 20.2 Å². The fourth-order valence-electron chi connectivity index (χ4n) is 1.28. The molecule has 17 heavy (non-hydrogen) atoms. The second kappa shape index (κ2) is 5.55.